The Labute approximate surface area is 119 Å². The largest absolute Gasteiger partial charge is 0.573 e. The number of para-hydroxylation sites is 2. The van der Waals surface area contributed by atoms with Crippen LogP contribution in [0.4, 0.5) is 18.9 Å². The van der Waals surface area contributed by atoms with Gasteiger partial charge in [0.2, 0.25) is 0 Å². The summed E-state index contributed by atoms with van der Waals surface area (Å²) >= 11 is 3.01. The number of halogens is 4. The van der Waals surface area contributed by atoms with E-state index in [1.165, 1.54) is 30.5 Å². The summed E-state index contributed by atoms with van der Waals surface area (Å²) in [5.41, 5.74) is 0.0646. The second kappa shape index (κ2) is 5.58. The van der Waals surface area contributed by atoms with Gasteiger partial charge in [-0.25, -0.2) is 0 Å². The van der Waals surface area contributed by atoms with E-state index in [1.54, 1.807) is 0 Å². The summed E-state index contributed by atoms with van der Waals surface area (Å²) in [6.07, 6.45) is -3.56. The third kappa shape index (κ3) is 3.53. The Kier molecular flexibility index (Phi) is 4.03. The molecular weight excluding hydrogens is 343 g/mol. The maximum atomic E-state index is 12.2. The van der Waals surface area contributed by atoms with E-state index in [0.717, 1.165) is 6.07 Å². The molecule has 1 amide bonds. The fourth-order valence-corrected chi connectivity index (χ4v) is 1.85. The van der Waals surface area contributed by atoms with E-state index in [4.69, 9.17) is 4.42 Å². The molecule has 0 atom stereocenters. The molecule has 0 unspecified atom stereocenters. The van der Waals surface area contributed by atoms with E-state index < -0.39 is 18.0 Å². The molecule has 2 rings (SSSR count). The van der Waals surface area contributed by atoms with Crippen molar-refractivity contribution in [3.8, 4) is 5.75 Å². The molecule has 8 heteroatoms. The number of benzene rings is 1. The van der Waals surface area contributed by atoms with Gasteiger partial charge in [0.25, 0.3) is 5.91 Å². The zero-order valence-corrected chi connectivity index (χ0v) is 11.3. The third-order valence-corrected chi connectivity index (χ3v) is 2.84. The Morgan fingerprint density at radius 3 is 2.55 bits per heavy atom. The van der Waals surface area contributed by atoms with Gasteiger partial charge in [-0.15, -0.1) is 13.2 Å². The number of alkyl halides is 3. The van der Waals surface area contributed by atoms with E-state index in [2.05, 4.69) is 26.0 Å². The van der Waals surface area contributed by atoms with E-state index >= 15 is 0 Å². The summed E-state index contributed by atoms with van der Waals surface area (Å²) in [5.74, 6) is -1.11. The van der Waals surface area contributed by atoms with Crippen LogP contribution in [0.15, 0.2) is 45.7 Å². The number of nitrogens with one attached hydrogen (secondary N) is 1. The van der Waals surface area contributed by atoms with E-state index in [-0.39, 0.29) is 15.9 Å². The Bertz CT molecular complexity index is 624. The summed E-state index contributed by atoms with van der Waals surface area (Å²) in [7, 11) is 0. The molecule has 106 valence electrons. The highest BCUT2D eigenvalue weighted by Crippen LogP contribution is 2.30. The van der Waals surface area contributed by atoms with Crippen LogP contribution < -0.4 is 10.1 Å². The van der Waals surface area contributed by atoms with Crippen molar-refractivity contribution < 1.29 is 27.1 Å². The van der Waals surface area contributed by atoms with Gasteiger partial charge in [0.1, 0.15) is 0 Å². The van der Waals surface area contributed by atoms with Crippen molar-refractivity contribution in [3.63, 3.8) is 0 Å². The number of hydrogen-bond acceptors (Lipinski definition) is 3. The second-order valence-corrected chi connectivity index (χ2v) is 4.33. The van der Waals surface area contributed by atoms with Crippen molar-refractivity contribution in [2.24, 2.45) is 0 Å². The fraction of sp³-hybridized carbons (Fsp3) is 0.0833. The molecule has 20 heavy (non-hydrogen) atoms. The fourth-order valence-electron chi connectivity index (χ4n) is 1.43. The van der Waals surface area contributed by atoms with Gasteiger partial charge in [-0.1, -0.05) is 12.1 Å². The highest BCUT2D eigenvalue weighted by Gasteiger charge is 2.32. The van der Waals surface area contributed by atoms with Gasteiger partial charge >= 0.3 is 6.36 Å². The van der Waals surface area contributed by atoms with Crippen molar-refractivity contribution in [1.29, 1.82) is 0 Å². The summed E-state index contributed by atoms with van der Waals surface area (Å²) in [6, 6.07) is 6.63. The standard InChI is InChI=1S/C12H7BrF3NO3/c13-10-7(5-6-19-10)11(18)17-8-3-1-2-4-9(8)20-12(14,15)16/h1-6H,(H,17,18). The molecule has 1 heterocycles. The summed E-state index contributed by atoms with van der Waals surface area (Å²) < 4.78 is 45.6. The number of carbonyl (C=O) groups is 1. The molecule has 1 aromatic heterocycles. The van der Waals surface area contributed by atoms with E-state index in [1.807, 2.05) is 0 Å². The van der Waals surface area contributed by atoms with Crippen LogP contribution in [-0.4, -0.2) is 12.3 Å². The maximum absolute atomic E-state index is 12.2. The first-order valence-electron chi connectivity index (χ1n) is 5.26. The minimum Gasteiger partial charge on any atom is -0.457 e. The quantitative estimate of drug-likeness (QED) is 0.903. The molecule has 0 bridgehead atoms. The third-order valence-electron chi connectivity index (χ3n) is 2.22. The highest BCUT2D eigenvalue weighted by atomic mass is 79.9. The molecule has 4 nitrogen and oxygen atoms in total. The minimum atomic E-state index is -4.84. The molecule has 0 aliphatic heterocycles. The normalized spacial score (nSPS) is 11.2. The molecule has 0 fully saturated rings. The van der Waals surface area contributed by atoms with Gasteiger partial charge in [-0.3, -0.25) is 4.79 Å². The van der Waals surface area contributed by atoms with Crippen LogP contribution in [-0.2, 0) is 0 Å². The van der Waals surface area contributed by atoms with Crippen molar-refractivity contribution in [3.05, 3.63) is 46.8 Å². The predicted molar refractivity (Wildman–Crippen MR) is 67.5 cm³/mol. The average Bonchev–Trinajstić information content (AvgIpc) is 2.76. The van der Waals surface area contributed by atoms with Gasteiger partial charge in [0.15, 0.2) is 10.4 Å². The van der Waals surface area contributed by atoms with Crippen LogP contribution in [0.25, 0.3) is 0 Å². The molecule has 0 saturated heterocycles. The van der Waals surface area contributed by atoms with Crippen LogP contribution >= 0.6 is 15.9 Å². The number of anilines is 1. The molecule has 1 aromatic carbocycles. The van der Waals surface area contributed by atoms with E-state index in [9.17, 15) is 18.0 Å². The van der Waals surface area contributed by atoms with Crippen molar-refractivity contribution >= 4 is 27.5 Å². The SMILES string of the molecule is O=C(Nc1ccccc1OC(F)(F)F)c1ccoc1Br. The lowest BCUT2D eigenvalue weighted by molar-refractivity contribution is -0.274. The topological polar surface area (TPSA) is 51.5 Å². The smallest absolute Gasteiger partial charge is 0.457 e. The summed E-state index contributed by atoms with van der Waals surface area (Å²) in [5, 5.41) is 2.32. The van der Waals surface area contributed by atoms with Gasteiger partial charge in [-0.2, -0.15) is 0 Å². The lowest BCUT2D eigenvalue weighted by Crippen LogP contribution is -2.19. The Balaban J connectivity index is 2.22. The highest BCUT2D eigenvalue weighted by molar-refractivity contribution is 9.10. The molecule has 0 spiro atoms. The number of ether oxygens (including phenoxy) is 1. The lowest BCUT2D eigenvalue weighted by atomic mass is 10.2. The summed E-state index contributed by atoms with van der Waals surface area (Å²) in [4.78, 5) is 11.9. The zero-order valence-electron chi connectivity index (χ0n) is 9.70. The van der Waals surface area contributed by atoms with Crippen LogP contribution in [0.2, 0.25) is 0 Å². The molecule has 0 radical (unpaired) electrons. The lowest BCUT2D eigenvalue weighted by Gasteiger charge is -2.13. The number of rotatable bonds is 3. The van der Waals surface area contributed by atoms with Gasteiger partial charge in [0.05, 0.1) is 17.5 Å². The minimum absolute atomic E-state index is 0.0945. The Morgan fingerprint density at radius 2 is 1.95 bits per heavy atom. The average molecular weight is 350 g/mol. The predicted octanol–water partition coefficient (Wildman–Crippen LogP) is 4.19. The first-order chi connectivity index (χ1) is 9.37. The van der Waals surface area contributed by atoms with Crippen LogP contribution in [0, 0.1) is 0 Å². The number of amides is 1. The molecule has 0 aliphatic carbocycles. The molecule has 0 saturated carbocycles. The van der Waals surface area contributed by atoms with Gasteiger partial charge < -0.3 is 14.5 Å². The molecule has 2 aromatic rings. The summed E-state index contributed by atoms with van der Waals surface area (Å²) in [6.45, 7) is 0. The van der Waals surface area contributed by atoms with Gasteiger partial charge in [-0.05, 0) is 34.1 Å². The molecule has 1 N–H and O–H groups in total. The van der Waals surface area contributed by atoms with Crippen molar-refractivity contribution in [1.82, 2.24) is 0 Å². The van der Waals surface area contributed by atoms with E-state index in [0.29, 0.717) is 0 Å². The number of furan rings is 1. The first-order valence-corrected chi connectivity index (χ1v) is 6.05. The Hall–Kier alpha value is -1.96. The van der Waals surface area contributed by atoms with Crippen LogP contribution in [0.5, 0.6) is 5.75 Å². The van der Waals surface area contributed by atoms with Crippen molar-refractivity contribution in [2.45, 2.75) is 6.36 Å². The second-order valence-electron chi connectivity index (χ2n) is 3.61. The number of hydrogen-bond donors (Lipinski definition) is 1. The number of carbonyl (C=O) groups excluding carboxylic acids is 1. The maximum Gasteiger partial charge on any atom is 0.573 e. The van der Waals surface area contributed by atoms with Crippen molar-refractivity contribution in [2.75, 3.05) is 5.32 Å². The molecule has 0 aliphatic rings. The monoisotopic (exact) mass is 349 g/mol. The van der Waals surface area contributed by atoms with Crippen LogP contribution in [0.1, 0.15) is 10.4 Å². The Morgan fingerprint density at radius 1 is 1.25 bits per heavy atom. The zero-order chi connectivity index (χ0) is 14.8. The molecular formula is C12H7BrF3NO3. The van der Waals surface area contributed by atoms with Gasteiger partial charge in [0, 0.05) is 0 Å². The van der Waals surface area contributed by atoms with Crippen LogP contribution in [0.3, 0.4) is 0 Å². The first kappa shape index (κ1) is 14.4.